The first kappa shape index (κ1) is 10.1. The minimum atomic E-state index is 0.0723. The van der Waals surface area contributed by atoms with E-state index in [0.717, 1.165) is 24.1 Å². The number of nitrogens with zero attached hydrogens (tertiary/aromatic N) is 1. The van der Waals surface area contributed by atoms with Gasteiger partial charge in [0.2, 0.25) is 5.88 Å². The van der Waals surface area contributed by atoms with Crippen LogP contribution in [0.1, 0.15) is 44.9 Å². The molecule has 0 amide bonds. The Hall–Kier alpha value is -0.990. The second-order valence-electron chi connectivity index (χ2n) is 4.14. The van der Waals surface area contributed by atoms with Crippen molar-refractivity contribution in [1.29, 1.82) is 0 Å². The molecule has 0 aliphatic carbocycles. The highest BCUT2D eigenvalue weighted by molar-refractivity contribution is 5.43. The van der Waals surface area contributed by atoms with Gasteiger partial charge in [0.1, 0.15) is 0 Å². The van der Waals surface area contributed by atoms with Crippen molar-refractivity contribution < 1.29 is 4.52 Å². The Morgan fingerprint density at radius 1 is 1.46 bits per heavy atom. The van der Waals surface area contributed by atoms with Crippen molar-refractivity contribution >= 4 is 5.88 Å². The van der Waals surface area contributed by atoms with E-state index < -0.39 is 0 Å². The molecule has 3 heteroatoms. The third-order valence-corrected chi connectivity index (χ3v) is 2.44. The summed E-state index contributed by atoms with van der Waals surface area (Å²) in [5, 5.41) is 3.86. The molecule has 0 atom stereocenters. The Bertz CT molecular complexity index is 270. The summed E-state index contributed by atoms with van der Waals surface area (Å²) in [6, 6.07) is 0. The Kier molecular flexibility index (Phi) is 2.64. The van der Waals surface area contributed by atoms with Gasteiger partial charge in [0.05, 0.1) is 5.69 Å². The van der Waals surface area contributed by atoms with Crippen LogP contribution in [0.3, 0.4) is 0 Å². The van der Waals surface area contributed by atoms with Crippen LogP contribution in [-0.2, 0) is 5.41 Å². The molecule has 2 N–H and O–H groups in total. The minimum absolute atomic E-state index is 0.0723. The van der Waals surface area contributed by atoms with Crippen LogP contribution in [-0.4, -0.2) is 5.16 Å². The molecule has 0 bridgehead atoms. The SMILES string of the molecule is CCCC(C)(C)c1c(C)noc1N. The monoisotopic (exact) mass is 182 g/mol. The van der Waals surface area contributed by atoms with Gasteiger partial charge in [0, 0.05) is 5.56 Å². The van der Waals surface area contributed by atoms with Crippen LogP contribution in [0.25, 0.3) is 0 Å². The lowest BCUT2D eigenvalue weighted by Gasteiger charge is -2.23. The Balaban J connectivity index is 3.05. The second-order valence-corrected chi connectivity index (χ2v) is 4.14. The number of nitrogen functional groups attached to an aromatic ring is 1. The van der Waals surface area contributed by atoms with E-state index in [1.165, 1.54) is 0 Å². The number of aromatic nitrogens is 1. The van der Waals surface area contributed by atoms with Crippen LogP contribution < -0.4 is 5.73 Å². The van der Waals surface area contributed by atoms with E-state index >= 15 is 0 Å². The summed E-state index contributed by atoms with van der Waals surface area (Å²) in [4.78, 5) is 0. The van der Waals surface area contributed by atoms with Crippen LogP contribution in [0.4, 0.5) is 5.88 Å². The number of hydrogen-bond donors (Lipinski definition) is 1. The predicted octanol–water partition coefficient (Wildman–Crippen LogP) is 2.64. The van der Waals surface area contributed by atoms with E-state index in [4.69, 9.17) is 10.3 Å². The van der Waals surface area contributed by atoms with Crippen molar-refractivity contribution in [3.63, 3.8) is 0 Å². The van der Waals surface area contributed by atoms with Crippen molar-refractivity contribution in [1.82, 2.24) is 5.16 Å². The highest BCUT2D eigenvalue weighted by Crippen LogP contribution is 2.34. The molecule has 0 saturated carbocycles. The van der Waals surface area contributed by atoms with E-state index in [1.54, 1.807) is 0 Å². The van der Waals surface area contributed by atoms with Gasteiger partial charge in [0.25, 0.3) is 0 Å². The van der Waals surface area contributed by atoms with Gasteiger partial charge >= 0.3 is 0 Å². The summed E-state index contributed by atoms with van der Waals surface area (Å²) in [6.07, 6.45) is 2.23. The van der Waals surface area contributed by atoms with Gasteiger partial charge in [-0.1, -0.05) is 32.3 Å². The van der Waals surface area contributed by atoms with Crippen molar-refractivity contribution in [2.45, 2.75) is 46.0 Å². The molecule has 0 aliphatic heterocycles. The molecule has 0 aliphatic rings. The second kappa shape index (κ2) is 3.40. The largest absolute Gasteiger partial charge is 0.367 e. The maximum atomic E-state index is 5.73. The number of hydrogen-bond acceptors (Lipinski definition) is 3. The molecule has 0 aromatic carbocycles. The summed E-state index contributed by atoms with van der Waals surface area (Å²) >= 11 is 0. The van der Waals surface area contributed by atoms with E-state index in [2.05, 4.69) is 25.9 Å². The molecule has 1 aromatic rings. The third-order valence-electron chi connectivity index (χ3n) is 2.44. The summed E-state index contributed by atoms with van der Waals surface area (Å²) in [6.45, 7) is 8.45. The topological polar surface area (TPSA) is 52.0 Å². The van der Waals surface area contributed by atoms with Gasteiger partial charge in [-0.3, -0.25) is 0 Å². The molecule has 3 nitrogen and oxygen atoms in total. The van der Waals surface area contributed by atoms with Crippen LogP contribution in [0.2, 0.25) is 0 Å². The molecule has 1 aromatic heterocycles. The molecular weight excluding hydrogens is 164 g/mol. The molecule has 0 spiro atoms. The molecular formula is C10H18N2O. The first-order valence-corrected chi connectivity index (χ1v) is 4.71. The van der Waals surface area contributed by atoms with Gasteiger partial charge in [-0.2, -0.15) is 0 Å². The lowest BCUT2D eigenvalue weighted by molar-refractivity contribution is 0.427. The molecule has 0 fully saturated rings. The molecule has 13 heavy (non-hydrogen) atoms. The number of aryl methyl sites for hydroxylation is 1. The Morgan fingerprint density at radius 2 is 2.08 bits per heavy atom. The maximum Gasteiger partial charge on any atom is 0.226 e. The lowest BCUT2D eigenvalue weighted by atomic mass is 9.80. The minimum Gasteiger partial charge on any atom is -0.367 e. The summed E-state index contributed by atoms with van der Waals surface area (Å²) in [5.74, 6) is 0.468. The van der Waals surface area contributed by atoms with Crippen LogP contribution >= 0.6 is 0 Å². The van der Waals surface area contributed by atoms with Crippen LogP contribution in [0.5, 0.6) is 0 Å². The van der Waals surface area contributed by atoms with Crippen LogP contribution in [0.15, 0.2) is 4.52 Å². The van der Waals surface area contributed by atoms with Crippen molar-refractivity contribution in [2.75, 3.05) is 5.73 Å². The summed E-state index contributed by atoms with van der Waals surface area (Å²) in [5.41, 5.74) is 7.78. The normalized spacial score (nSPS) is 12.0. The van der Waals surface area contributed by atoms with E-state index in [0.29, 0.717) is 5.88 Å². The van der Waals surface area contributed by atoms with E-state index in [1.807, 2.05) is 6.92 Å². The zero-order chi connectivity index (χ0) is 10.1. The molecule has 0 unspecified atom stereocenters. The van der Waals surface area contributed by atoms with Crippen molar-refractivity contribution in [2.24, 2.45) is 0 Å². The fourth-order valence-electron chi connectivity index (χ4n) is 1.96. The number of anilines is 1. The molecule has 0 saturated heterocycles. The maximum absolute atomic E-state index is 5.73. The third kappa shape index (κ3) is 1.85. The average molecular weight is 182 g/mol. The van der Waals surface area contributed by atoms with E-state index in [-0.39, 0.29) is 5.41 Å². The zero-order valence-electron chi connectivity index (χ0n) is 8.85. The average Bonchev–Trinajstić information content (AvgIpc) is 2.31. The number of rotatable bonds is 3. The molecule has 1 rings (SSSR count). The Labute approximate surface area is 79.3 Å². The molecule has 0 radical (unpaired) electrons. The summed E-state index contributed by atoms with van der Waals surface area (Å²) < 4.78 is 4.96. The fraction of sp³-hybridized carbons (Fsp3) is 0.700. The lowest BCUT2D eigenvalue weighted by Crippen LogP contribution is -2.18. The number of nitrogens with two attached hydrogens (primary N) is 1. The molecule has 1 heterocycles. The standard InChI is InChI=1S/C10H18N2O/c1-5-6-10(3,4)8-7(2)12-13-9(8)11/h5-6,11H2,1-4H3. The zero-order valence-corrected chi connectivity index (χ0v) is 8.85. The van der Waals surface area contributed by atoms with Gasteiger partial charge < -0.3 is 10.3 Å². The smallest absolute Gasteiger partial charge is 0.226 e. The first-order valence-electron chi connectivity index (χ1n) is 4.71. The first-order chi connectivity index (χ1) is 5.99. The van der Waals surface area contributed by atoms with E-state index in [9.17, 15) is 0 Å². The predicted molar refractivity (Wildman–Crippen MR) is 53.6 cm³/mol. The highest BCUT2D eigenvalue weighted by Gasteiger charge is 2.27. The van der Waals surface area contributed by atoms with Crippen molar-refractivity contribution in [3.8, 4) is 0 Å². The Morgan fingerprint density at radius 3 is 2.46 bits per heavy atom. The fourth-order valence-corrected chi connectivity index (χ4v) is 1.96. The highest BCUT2D eigenvalue weighted by atomic mass is 16.5. The quantitative estimate of drug-likeness (QED) is 0.781. The van der Waals surface area contributed by atoms with Crippen LogP contribution in [0, 0.1) is 6.92 Å². The molecule has 74 valence electrons. The van der Waals surface area contributed by atoms with Gasteiger partial charge in [-0.05, 0) is 18.8 Å². The van der Waals surface area contributed by atoms with Gasteiger partial charge in [-0.15, -0.1) is 0 Å². The van der Waals surface area contributed by atoms with Gasteiger partial charge in [0.15, 0.2) is 0 Å². The summed E-state index contributed by atoms with van der Waals surface area (Å²) in [7, 11) is 0. The van der Waals surface area contributed by atoms with Gasteiger partial charge in [-0.25, -0.2) is 0 Å². The van der Waals surface area contributed by atoms with Crippen molar-refractivity contribution in [3.05, 3.63) is 11.3 Å².